The predicted molar refractivity (Wildman–Crippen MR) is 112 cm³/mol. The summed E-state index contributed by atoms with van der Waals surface area (Å²) < 4.78 is 14.8. The van der Waals surface area contributed by atoms with E-state index in [0.717, 1.165) is 47.6 Å². The van der Waals surface area contributed by atoms with Crippen molar-refractivity contribution >= 4 is 17.3 Å². The molecule has 0 atom stereocenters. The lowest BCUT2D eigenvalue weighted by Crippen LogP contribution is -2.38. The molecule has 0 aliphatic heterocycles. The summed E-state index contributed by atoms with van der Waals surface area (Å²) in [6.45, 7) is 6.22. The first-order valence-electron chi connectivity index (χ1n) is 9.26. The molecule has 0 unspecified atom stereocenters. The van der Waals surface area contributed by atoms with Gasteiger partial charge in [0, 0.05) is 38.1 Å². The number of aliphatic imine (C=N–C) groups is 1. The molecule has 1 N–H and O–H groups in total. The molecule has 0 saturated carbocycles. The van der Waals surface area contributed by atoms with Gasteiger partial charge < -0.3 is 10.2 Å². The Hall–Kier alpha value is -2.74. The normalized spacial score (nSPS) is 11.6. The zero-order valence-electron chi connectivity index (χ0n) is 16.4. The van der Waals surface area contributed by atoms with Crippen molar-refractivity contribution in [3.8, 4) is 5.69 Å². The summed E-state index contributed by atoms with van der Waals surface area (Å²) in [4.78, 5) is 11.3. The number of aryl methyl sites for hydroxylation is 1. The van der Waals surface area contributed by atoms with Gasteiger partial charge in [0.25, 0.3) is 0 Å². The van der Waals surface area contributed by atoms with E-state index in [1.807, 2.05) is 26.2 Å². The van der Waals surface area contributed by atoms with E-state index in [0.29, 0.717) is 6.54 Å². The molecule has 2 aromatic heterocycles. The molecule has 0 saturated heterocycles. The molecule has 1 aromatic carbocycles. The van der Waals surface area contributed by atoms with Crippen LogP contribution in [0.15, 0.2) is 46.9 Å². The maximum absolute atomic E-state index is 13.1. The zero-order chi connectivity index (χ0) is 19.9. The molecular formula is C20H25FN6S. The van der Waals surface area contributed by atoms with Crippen molar-refractivity contribution in [2.75, 3.05) is 20.1 Å². The summed E-state index contributed by atoms with van der Waals surface area (Å²) in [5.74, 6) is 0.601. The van der Waals surface area contributed by atoms with Crippen LogP contribution in [0.3, 0.4) is 0 Å². The molecule has 0 radical (unpaired) electrons. The summed E-state index contributed by atoms with van der Waals surface area (Å²) in [6, 6.07) is 8.26. The lowest BCUT2D eigenvalue weighted by Gasteiger charge is -2.21. The maximum atomic E-state index is 13.1. The molecule has 0 bridgehead atoms. The van der Waals surface area contributed by atoms with Crippen molar-refractivity contribution in [2.45, 2.75) is 26.8 Å². The second-order valence-corrected chi connectivity index (χ2v) is 7.49. The number of hydrogen-bond donors (Lipinski definition) is 1. The van der Waals surface area contributed by atoms with Crippen molar-refractivity contribution in [3.05, 3.63) is 64.1 Å². The smallest absolute Gasteiger partial charge is 0.194 e. The summed E-state index contributed by atoms with van der Waals surface area (Å²) in [5.41, 5.74) is 2.83. The number of hydrogen-bond acceptors (Lipinski definition) is 4. The summed E-state index contributed by atoms with van der Waals surface area (Å²) in [6.07, 6.45) is 2.61. The van der Waals surface area contributed by atoms with Crippen molar-refractivity contribution in [2.24, 2.45) is 4.99 Å². The van der Waals surface area contributed by atoms with Crippen LogP contribution in [0.5, 0.6) is 0 Å². The van der Waals surface area contributed by atoms with E-state index in [1.165, 1.54) is 12.1 Å². The third-order valence-electron chi connectivity index (χ3n) is 4.13. The van der Waals surface area contributed by atoms with Gasteiger partial charge in [-0.2, -0.15) is 5.10 Å². The highest BCUT2D eigenvalue weighted by Gasteiger charge is 2.09. The second kappa shape index (κ2) is 9.45. The summed E-state index contributed by atoms with van der Waals surface area (Å²) in [7, 11) is 2.01. The molecule has 0 aliphatic rings. The third kappa shape index (κ3) is 5.39. The van der Waals surface area contributed by atoms with Crippen LogP contribution < -0.4 is 5.32 Å². The van der Waals surface area contributed by atoms with Crippen molar-refractivity contribution < 1.29 is 4.39 Å². The van der Waals surface area contributed by atoms with Gasteiger partial charge in [-0.3, -0.25) is 4.99 Å². The van der Waals surface area contributed by atoms with Crippen molar-refractivity contribution in [1.29, 1.82) is 0 Å². The minimum Gasteiger partial charge on any atom is -0.357 e. The van der Waals surface area contributed by atoms with E-state index in [9.17, 15) is 4.39 Å². The lowest BCUT2D eigenvalue weighted by molar-refractivity contribution is 0.471. The highest BCUT2D eigenvalue weighted by molar-refractivity contribution is 7.09. The number of nitrogens with one attached hydrogen (secondary N) is 1. The molecule has 2 heterocycles. The Morgan fingerprint density at radius 2 is 2.04 bits per heavy atom. The van der Waals surface area contributed by atoms with Crippen LogP contribution >= 0.6 is 11.3 Å². The molecule has 0 amide bonds. The topological polar surface area (TPSA) is 58.3 Å². The van der Waals surface area contributed by atoms with Gasteiger partial charge in [0.1, 0.15) is 5.82 Å². The van der Waals surface area contributed by atoms with Crippen LogP contribution in [0, 0.1) is 12.7 Å². The SMILES string of the molecule is CCNC(=NCCc1ccn(-c2ccc(F)cc2)n1)N(C)Cc1csc(C)n1. The van der Waals surface area contributed by atoms with Crippen LogP contribution in [0.25, 0.3) is 5.69 Å². The summed E-state index contributed by atoms with van der Waals surface area (Å²) in [5, 5.41) is 11.0. The fourth-order valence-corrected chi connectivity index (χ4v) is 3.38. The molecule has 28 heavy (non-hydrogen) atoms. The Bertz CT molecular complexity index is 915. The molecule has 6 nitrogen and oxygen atoms in total. The first-order chi connectivity index (χ1) is 13.5. The molecule has 0 aliphatic carbocycles. The Labute approximate surface area is 168 Å². The molecule has 8 heteroatoms. The van der Waals surface area contributed by atoms with E-state index in [2.05, 4.69) is 32.6 Å². The zero-order valence-corrected chi connectivity index (χ0v) is 17.2. The van der Waals surface area contributed by atoms with Gasteiger partial charge in [-0.15, -0.1) is 11.3 Å². The number of guanidine groups is 1. The molecule has 3 aromatic rings. The predicted octanol–water partition coefficient (Wildman–Crippen LogP) is 3.42. The van der Waals surface area contributed by atoms with Gasteiger partial charge in [0.15, 0.2) is 5.96 Å². The Morgan fingerprint density at radius 3 is 2.71 bits per heavy atom. The van der Waals surface area contributed by atoms with Crippen molar-refractivity contribution in [3.63, 3.8) is 0 Å². The number of aromatic nitrogens is 3. The molecule has 3 rings (SSSR count). The molecule has 0 fully saturated rings. The third-order valence-corrected chi connectivity index (χ3v) is 4.95. The molecule has 148 valence electrons. The van der Waals surface area contributed by atoms with E-state index >= 15 is 0 Å². The van der Waals surface area contributed by atoms with Crippen LogP contribution in [0.4, 0.5) is 4.39 Å². The minimum absolute atomic E-state index is 0.252. The van der Waals surface area contributed by atoms with E-state index in [4.69, 9.17) is 4.99 Å². The number of thiazole rings is 1. The highest BCUT2D eigenvalue weighted by atomic mass is 32.1. The number of rotatable bonds is 7. The van der Waals surface area contributed by atoms with Crippen molar-refractivity contribution in [1.82, 2.24) is 25.0 Å². The van der Waals surface area contributed by atoms with Gasteiger partial charge in [0.2, 0.25) is 0 Å². The average Bonchev–Trinajstić information content (AvgIpc) is 3.31. The van der Waals surface area contributed by atoms with Gasteiger partial charge in [-0.05, 0) is 44.2 Å². The van der Waals surface area contributed by atoms with Crippen LogP contribution in [0.1, 0.15) is 23.3 Å². The van der Waals surface area contributed by atoms with Gasteiger partial charge >= 0.3 is 0 Å². The Balaban J connectivity index is 1.59. The number of nitrogens with zero attached hydrogens (tertiary/aromatic N) is 5. The fraction of sp³-hybridized carbons (Fsp3) is 0.350. The minimum atomic E-state index is -0.252. The van der Waals surface area contributed by atoms with E-state index in [-0.39, 0.29) is 5.82 Å². The fourth-order valence-electron chi connectivity index (χ4n) is 2.78. The molecule has 0 spiro atoms. The first kappa shape index (κ1) is 20.0. The van der Waals surface area contributed by atoms with Crippen LogP contribution in [-0.4, -0.2) is 45.8 Å². The maximum Gasteiger partial charge on any atom is 0.194 e. The second-order valence-electron chi connectivity index (χ2n) is 6.43. The summed E-state index contributed by atoms with van der Waals surface area (Å²) >= 11 is 1.66. The quantitative estimate of drug-likeness (QED) is 0.488. The Morgan fingerprint density at radius 1 is 1.25 bits per heavy atom. The molecular weight excluding hydrogens is 375 g/mol. The van der Waals surface area contributed by atoms with Gasteiger partial charge in [-0.25, -0.2) is 14.1 Å². The first-order valence-corrected chi connectivity index (χ1v) is 10.1. The lowest BCUT2D eigenvalue weighted by atomic mass is 10.3. The van der Waals surface area contributed by atoms with Gasteiger partial charge in [0.05, 0.1) is 28.6 Å². The van der Waals surface area contributed by atoms with E-state index < -0.39 is 0 Å². The standard InChI is InChI=1S/C20H25FN6S/c1-4-22-20(26(3)13-18-14-28-15(2)24-18)23-11-9-17-10-12-27(25-17)19-7-5-16(21)6-8-19/h5-8,10,12,14H,4,9,11,13H2,1-3H3,(H,22,23). The average molecular weight is 401 g/mol. The van der Waals surface area contributed by atoms with Crippen LogP contribution in [0.2, 0.25) is 0 Å². The monoisotopic (exact) mass is 400 g/mol. The van der Waals surface area contributed by atoms with Gasteiger partial charge in [-0.1, -0.05) is 0 Å². The largest absolute Gasteiger partial charge is 0.357 e. The Kier molecular flexibility index (Phi) is 6.76. The number of halogens is 1. The number of benzene rings is 1. The highest BCUT2D eigenvalue weighted by Crippen LogP contribution is 2.11. The van der Waals surface area contributed by atoms with E-state index in [1.54, 1.807) is 28.2 Å². The van der Waals surface area contributed by atoms with Crippen LogP contribution in [-0.2, 0) is 13.0 Å².